The van der Waals surface area contributed by atoms with Gasteiger partial charge in [0, 0.05) is 38.6 Å². The summed E-state index contributed by atoms with van der Waals surface area (Å²) in [6, 6.07) is 7.96. The number of methoxy groups -OCH3 is 1. The molecule has 3 rings (SSSR count). The van der Waals surface area contributed by atoms with Gasteiger partial charge in [-0.1, -0.05) is 19.1 Å². The van der Waals surface area contributed by atoms with Gasteiger partial charge in [0.25, 0.3) is 0 Å². The van der Waals surface area contributed by atoms with Crippen LogP contribution in [0, 0.1) is 0 Å². The molecule has 0 radical (unpaired) electrons. The Labute approximate surface area is 137 Å². The molecule has 0 aliphatic carbocycles. The van der Waals surface area contributed by atoms with Crippen molar-refractivity contribution in [3.05, 3.63) is 29.8 Å². The molecule has 2 N–H and O–H groups in total. The van der Waals surface area contributed by atoms with E-state index in [4.69, 9.17) is 4.74 Å². The Kier molecular flexibility index (Phi) is 5.15. The van der Waals surface area contributed by atoms with Crippen LogP contribution in [0.2, 0.25) is 0 Å². The predicted molar refractivity (Wildman–Crippen MR) is 89.1 cm³/mol. The summed E-state index contributed by atoms with van der Waals surface area (Å²) in [5.41, 5.74) is 1.09. The molecule has 0 spiro atoms. The van der Waals surface area contributed by atoms with Crippen molar-refractivity contribution in [2.75, 3.05) is 39.8 Å². The fourth-order valence-corrected chi connectivity index (χ4v) is 3.29. The first-order valence-electron chi connectivity index (χ1n) is 8.35. The van der Waals surface area contributed by atoms with Crippen molar-refractivity contribution in [3.8, 4) is 5.75 Å². The van der Waals surface area contributed by atoms with Gasteiger partial charge in [0.2, 0.25) is 5.91 Å². The molecule has 2 aliphatic rings. The van der Waals surface area contributed by atoms with E-state index in [9.17, 15) is 4.79 Å². The molecule has 2 heterocycles. The Morgan fingerprint density at radius 1 is 1.26 bits per heavy atom. The van der Waals surface area contributed by atoms with Crippen molar-refractivity contribution in [1.82, 2.24) is 20.4 Å². The van der Waals surface area contributed by atoms with E-state index in [1.807, 2.05) is 24.3 Å². The molecule has 1 aromatic carbocycles. The van der Waals surface area contributed by atoms with E-state index in [0.29, 0.717) is 6.42 Å². The van der Waals surface area contributed by atoms with Crippen LogP contribution in [0.1, 0.15) is 24.9 Å². The van der Waals surface area contributed by atoms with Crippen molar-refractivity contribution in [2.24, 2.45) is 0 Å². The number of benzene rings is 1. The van der Waals surface area contributed by atoms with Crippen LogP contribution in [-0.4, -0.2) is 61.8 Å². The van der Waals surface area contributed by atoms with Crippen LogP contribution < -0.4 is 15.4 Å². The van der Waals surface area contributed by atoms with E-state index < -0.39 is 0 Å². The van der Waals surface area contributed by atoms with Gasteiger partial charge in [-0.25, -0.2) is 0 Å². The molecule has 2 fully saturated rings. The summed E-state index contributed by atoms with van der Waals surface area (Å²) in [7, 11) is 1.66. The van der Waals surface area contributed by atoms with E-state index in [1.54, 1.807) is 7.11 Å². The lowest BCUT2D eigenvalue weighted by Crippen LogP contribution is -2.64. The number of piperazine rings is 1. The number of hydrogen-bond donors (Lipinski definition) is 2. The highest BCUT2D eigenvalue weighted by Crippen LogP contribution is 2.24. The lowest BCUT2D eigenvalue weighted by atomic mass is 10.0. The lowest BCUT2D eigenvalue weighted by Gasteiger charge is -2.42. The SMILES string of the molecule is CCN1CCN(C2NC(=O)CC(c3cccc(OC)c3)N2)CC1. The molecular formula is C17H26N4O2. The highest BCUT2D eigenvalue weighted by Gasteiger charge is 2.32. The number of likely N-dealkylation sites (N-methyl/N-ethyl adjacent to an activating group) is 1. The molecule has 0 bridgehead atoms. The van der Waals surface area contributed by atoms with E-state index in [0.717, 1.165) is 44.0 Å². The molecule has 2 saturated heterocycles. The fraction of sp³-hybridized carbons (Fsp3) is 0.588. The maximum Gasteiger partial charge on any atom is 0.224 e. The zero-order valence-electron chi connectivity index (χ0n) is 13.9. The number of carbonyl (C=O) groups excluding carboxylic acids is 1. The number of nitrogens with zero attached hydrogens (tertiary/aromatic N) is 2. The van der Waals surface area contributed by atoms with E-state index >= 15 is 0 Å². The fourth-order valence-electron chi connectivity index (χ4n) is 3.29. The van der Waals surface area contributed by atoms with Crippen LogP contribution in [0.25, 0.3) is 0 Å². The van der Waals surface area contributed by atoms with Crippen molar-refractivity contribution < 1.29 is 9.53 Å². The second-order valence-corrected chi connectivity index (χ2v) is 6.14. The van der Waals surface area contributed by atoms with Gasteiger partial charge in [-0.3, -0.25) is 15.0 Å². The Hall–Kier alpha value is -1.63. The third-order valence-electron chi connectivity index (χ3n) is 4.76. The van der Waals surface area contributed by atoms with Gasteiger partial charge in [0.1, 0.15) is 12.0 Å². The van der Waals surface area contributed by atoms with Gasteiger partial charge in [-0.2, -0.15) is 0 Å². The summed E-state index contributed by atoms with van der Waals surface area (Å²) in [6.45, 7) is 7.32. The predicted octanol–water partition coefficient (Wildman–Crippen LogP) is 0.767. The highest BCUT2D eigenvalue weighted by molar-refractivity contribution is 5.78. The van der Waals surface area contributed by atoms with Gasteiger partial charge in [0.05, 0.1) is 7.11 Å². The summed E-state index contributed by atoms with van der Waals surface area (Å²) in [4.78, 5) is 16.9. The van der Waals surface area contributed by atoms with Crippen LogP contribution in [0.3, 0.4) is 0 Å². The molecule has 1 amide bonds. The largest absolute Gasteiger partial charge is 0.497 e. The second-order valence-electron chi connectivity index (χ2n) is 6.14. The van der Waals surface area contributed by atoms with Crippen LogP contribution in [0.4, 0.5) is 0 Å². The van der Waals surface area contributed by atoms with Crippen LogP contribution >= 0.6 is 0 Å². The minimum absolute atomic E-state index is 0.0213. The molecule has 1 aromatic rings. The summed E-state index contributed by atoms with van der Waals surface area (Å²) in [5.74, 6) is 0.919. The number of amides is 1. The molecule has 2 aliphatic heterocycles. The summed E-state index contributed by atoms with van der Waals surface area (Å²) in [5, 5.41) is 6.65. The summed E-state index contributed by atoms with van der Waals surface area (Å²) in [6.07, 6.45) is 0.366. The zero-order chi connectivity index (χ0) is 16.2. The zero-order valence-corrected chi connectivity index (χ0v) is 13.9. The highest BCUT2D eigenvalue weighted by atomic mass is 16.5. The van der Waals surface area contributed by atoms with Crippen LogP contribution in [-0.2, 0) is 4.79 Å². The van der Waals surface area contributed by atoms with Gasteiger partial charge in [0.15, 0.2) is 0 Å². The molecule has 2 unspecified atom stereocenters. The Bertz CT molecular complexity index is 543. The lowest BCUT2D eigenvalue weighted by molar-refractivity contribution is -0.127. The van der Waals surface area contributed by atoms with Crippen molar-refractivity contribution >= 4 is 5.91 Å². The average molecular weight is 318 g/mol. The van der Waals surface area contributed by atoms with Crippen molar-refractivity contribution in [1.29, 1.82) is 0 Å². The summed E-state index contributed by atoms with van der Waals surface area (Å²) >= 11 is 0. The molecule has 0 aromatic heterocycles. The maximum atomic E-state index is 12.2. The molecule has 6 heteroatoms. The van der Waals surface area contributed by atoms with Gasteiger partial charge >= 0.3 is 0 Å². The van der Waals surface area contributed by atoms with Crippen molar-refractivity contribution in [3.63, 3.8) is 0 Å². The van der Waals surface area contributed by atoms with E-state index in [-0.39, 0.29) is 18.2 Å². The number of carbonyl (C=O) groups is 1. The molecule has 6 nitrogen and oxygen atoms in total. The molecular weight excluding hydrogens is 292 g/mol. The smallest absolute Gasteiger partial charge is 0.224 e. The number of ether oxygens (including phenoxy) is 1. The Balaban J connectivity index is 1.68. The number of nitrogens with one attached hydrogen (secondary N) is 2. The third-order valence-corrected chi connectivity index (χ3v) is 4.76. The topological polar surface area (TPSA) is 56.8 Å². The second kappa shape index (κ2) is 7.29. The Morgan fingerprint density at radius 2 is 2.04 bits per heavy atom. The molecule has 126 valence electrons. The van der Waals surface area contributed by atoms with Gasteiger partial charge in [-0.15, -0.1) is 0 Å². The van der Waals surface area contributed by atoms with Gasteiger partial charge in [-0.05, 0) is 24.2 Å². The first-order valence-corrected chi connectivity index (χ1v) is 8.35. The standard InChI is InChI=1S/C17H26N4O2/c1-3-20-7-9-21(10-8-20)17-18-15(12-16(22)19-17)13-5-4-6-14(11-13)23-2/h4-6,11,15,17-18H,3,7-10,12H2,1-2H3,(H,19,22). The first-order chi connectivity index (χ1) is 11.2. The minimum Gasteiger partial charge on any atom is -0.497 e. The third kappa shape index (κ3) is 3.83. The summed E-state index contributed by atoms with van der Waals surface area (Å²) < 4.78 is 5.30. The minimum atomic E-state index is -0.0912. The number of rotatable bonds is 4. The van der Waals surface area contributed by atoms with E-state index in [1.165, 1.54) is 0 Å². The average Bonchev–Trinajstić information content (AvgIpc) is 2.61. The van der Waals surface area contributed by atoms with Gasteiger partial charge < -0.3 is 15.0 Å². The Morgan fingerprint density at radius 3 is 2.74 bits per heavy atom. The van der Waals surface area contributed by atoms with Crippen molar-refractivity contribution in [2.45, 2.75) is 25.7 Å². The van der Waals surface area contributed by atoms with Crippen LogP contribution in [0.15, 0.2) is 24.3 Å². The van der Waals surface area contributed by atoms with Crippen LogP contribution in [0.5, 0.6) is 5.75 Å². The number of hydrogen-bond acceptors (Lipinski definition) is 5. The quantitative estimate of drug-likeness (QED) is 0.859. The molecule has 23 heavy (non-hydrogen) atoms. The monoisotopic (exact) mass is 318 g/mol. The maximum absolute atomic E-state index is 12.2. The van der Waals surface area contributed by atoms with E-state index in [2.05, 4.69) is 27.4 Å². The molecule has 0 saturated carbocycles. The molecule has 2 atom stereocenters. The normalized spacial score (nSPS) is 26.8. The first kappa shape index (κ1) is 16.2.